The molecule has 1 heterocycles. The van der Waals surface area contributed by atoms with E-state index in [0.717, 1.165) is 30.5 Å². The standard InChI is InChI=1S/C19H18FNO2S/c1-24(22,23)16-6-7-18(21-12-16)17-11-19(17)9-8-14(10-19)13-2-4-15(20)5-3-13/h2-8,12,17H,9-11H2,1H3. The molecule has 2 aromatic rings. The van der Waals surface area contributed by atoms with Gasteiger partial charge in [-0.1, -0.05) is 18.2 Å². The Hall–Kier alpha value is -2.01. The Morgan fingerprint density at radius 1 is 1.17 bits per heavy atom. The summed E-state index contributed by atoms with van der Waals surface area (Å²) in [4.78, 5) is 4.65. The van der Waals surface area contributed by atoms with Crippen molar-refractivity contribution < 1.29 is 12.8 Å². The van der Waals surface area contributed by atoms with Crippen LogP contribution in [0.2, 0.25) is 0 Å². The van der Waals surface area contributed by atoms with E-state index in [4.69, 9.17) is 0 Å². The molecule has 1 saturated carbocycles. The molecule has 2 aliphatic rings. The maximum absolute atomic E-state index is 13.1. The molecule has 4 rings (SSSR count). The number of benzene rings is 1. The van der Waals surface area contributed by atoms with Crippen LogP contribution in [-0.2, 0) is 9.84 Å². The van der Waals surface area contributed by atoms with Crippen molar-refractivity contribution in [3.8, 4) is 0 Å². The molecule has 0 saturated heterocycles. The van der Waals surface area contributed by atoms with Gasteiger partial charge in [0.15, 0.2) is 9.84 Å². The Balaban J connectivity index is 1.50. The first-order chi connectivity index (χ1) is 11.4. The van der Waals surface area contributed by atoms with Crippen LogP contribution >= 0.6 is 0 Å². The number of allylic oxidation sites excluding steroid dienone is 2. The molecular weight excluding hydrogens is 325 g/mol. The average molecular weight is 343 g/mol. The maximum Gasteiger partial charge on any atom is 0.177 e. The maximum atomic E-state index is 13.1. The normalized spacial score (nSPS) is 25.8. The molecule has 1 fully saturated rings. The molecular formula is C19H18FNO2S. The Morgan fingerprint density at radius 2 is 1.92 bits per heavy atom. The van der Waals surface area contributed by atoms with Crippen molar-refractivity contribution in [2.24, 2.45) is 5.41 Å². The zero-order valence-electron chi connectivity index (χ0n) is 13.4. The number of halogens is 1. The molecule has 2 aliphatic carbocycles. The molecule has 24 heavy (non-hydrogen) atoms. The van der Waals surface area contributed by atoms with Crippen LogP contribution in [0.3, 0.4) is 0 Å². The molecule has 1 aromatic heterocycles. The van der Waals surface area contributed by atoms with Gasteiger partial charge in [0.05, 0.1) is 4.90 Å². The van der Waals surface area contributed by atoms with Gasteiger partial charge in [-0.3, -0.25) is 4.98 Å². The number of hydrogen-bond donors (Lipinski definition) is 0. The third kappa shape index (κ3) is 2.67. The summed E-state index contributed by atoms with van der Waals surface area (Å²) in [5.74, 6) is 0.159. The molecule has 0 radical (unpaired) electrons. The minimum Gasteiger partial charge on any atom is -0.260 e. The van der Waals surface area contributed by atoms with Crippen LogP contribution in [0.5, 0.6) is 0 Å². The monoisotopic (exact) mass is 343 g/mol. The van der Waals surface area contributed by atoms with Gasteiger partial charge in [0, 0.05) is 24.1 Å². The molecule has 1 aromatic carbocycles. The number of nitrogens with zero attached hydrogens (tertiary/aromatic N) is 1. The first-order valence-corrected chi connectivity index (χ1v) is 9.88. The van der Waals surface area contributed by atoms with Crippen LogP contribution in [0.4, 0.5) is 4.39 Å². The molecule has 0 N–H and O–H groups in total. The highest BCUT2D eigenvalue weighted by atomic mass is 32.2. The lowest BCUT2D eigenvalue weighted by Gasteiger charge is -2.10. The summed E-state index contributed by atoms with van der Waals surface area (Å²) in [6.07, 6.45) is 7.94. The largest absolute Gasteiger partial charge is 0.260 e. The fraction of sp³-hybridized carbons (Fsp3) is 0.316. The van der Waals surface area contributed by atoms with Gasteiger partial charge in [0.1, 0.15) is 5.82 Å². The number of pyridine rings is 1. The van der Waals surface area contributed by atoms with Gasteiger partial charge in [-0.2, -0.15) is 0 Å². The number of aromatic nitrogens is 1. The minimum absolute atomic E-state index is 0.212. The van der Waals surface area contributed by atoms with Crippen molar-refractivity contribution in [2.75, 3.05) is 6.26 Å². The topological polar surface area (TPSA) is 47.0 Å². The van der Waals surface area contributed by atoms with Crippen molar-refractivity contribution in [1.29, 1.82) is 0 Å². The van der Waals surface area contributed by atoms with Gasteiger partial charge in [0.2, 0.25) is 0 Å². The third-order valence-electron chi connectivity index (χ3n) is 5.25. The Bertz CT molecular complexity index is 917. The van der Waals surface area contributed by atoms with Gasteiger partial charge < -0.3 is 0 Å². The van der Waals surface area contributed by atoms with Gasteiger partial charge >= 0.3 is 0 Å². The van der Waals surface area contributed by atoms with Crippen molar-refractivity contribution in [2.45, 2.75) is 30.1 Å². The van der Waals surface area contributed by atoms with Gasteiger partial charge in [0.25, 0.3) is 0 Å². The van der Waals surface area contributed by atoms with Crippen LogP contribution < -0.4 is 0 Å². The van der Waals surface area contributed by atoms with Crippen LogP contribution in [0, 0.1) is 11.2 Å². The van der Waals surface area contributed by atoms with E-state index in [9.17, 15) is 12.8 Å². The lowest BCUT2D eigenvalue weighted by molar-refractivity contribution is 0.535. The second-order valence-corrected chi connectivity index (χ2v) is 8.94. The highest BCUT2D eigenvalue weighted by Gasteiger charge is 2.56. The first kappa shape index (κ1) is 15.5. The molecule has 2 unspecified atom stereocenters. The summed E-state index contributed by atoms with van der Waals surface area (Å²) >= 11 is 0. The Kier molecular flexibility index (Phi) is 3.39. The summed E-state index contributed by atoms with van der Waals surface area (Å²) in [6.45, 7) is 0. The Morgan fingerprint density at radius 3 is 2.54 bits per heavy atom. The Labute approximate surface area is 141 Å². The highest BCUT2D eigenvalue weighted by molar-refractivity contribution is 7.90. The minimum atomic E-state index is -3.20. The van der Waals surface area contributed by atoms with E-state index >= 15 is 0 Å². The molecule has 0 aliphatic heterocycles. The van der Waals surface area contributed by atoms with Crippen LogP contribution in [0.1, 0.15) is 36.4 Å². The average Bonchev–Trinajstić information content (AvgIpc) is 3.08. The second kappa shape index (κ2) is 5.24. The fourth-order valence-electron chi connectivity index (χ4n) is 3.74. The smallest absolute Gasteiger partial charge is 0.177 e. The van der Waals surface area contributed by atoms with Crippen molar-refractivity contribution in [1.82, 2.24) is 4.98 Å². The van der Waals surface area contributed by atoms with Gasteiger partial charge in [-0.05, 0) is 60.1 Å². The lowest BCUT2D eigenvalue weighted by atomic mass is 9.95. The zero-order chi connectivity index (χ0) is 16.9. The first-order valence-electron chi connectivity index (χ1n) is 7.98. The lowest BCUT2D eigenvalue weighted by Crippen LogP contribution is -2.02. The predicted octanol–water partition coefficient (Wildman–Crippen LogP) is 3.98. The molecule has 124 valence electrons. The second-order valence-electron chi connectivity index (χ2n) is 6.93. The number of hydrogen-bond acceptors (Lipinski definition) is 3. The molecule has 2 atom stereocenters. The van der Waals surface area contributed by atoms with Crippen molar-refractivity contribution >= 4 is 15.4 Å². The van der Waals surface area contributed by atoms with Crippen molar-refractivity contribution in [3.63, 3.8) is 0 Å². The molecule has 3 nitrogen and oxygen atoms in total. The van der Waals surface area contributed by atoms with Gasteiger partial charge in [-0.15, -0.1) is 0 Å². The molecule has 1 spiro atoms. The quantitative estimate of drug-likeness (QED) is 0.847. The SMILES string of the molecule is CS(=O)(=O)c1ccc(C2CC23CC=C(c2ccc(F)cc2)C3)nc1. The van der Waals surface area contributed by atoms with Crippen LogP contribution in [-0.4, -0.2) is 19.7 Å². The van der Waals surface area contributed by atoms with E-state index in [1.165, 1.54) is 30.2 Å². The summed E-state index contributed by atoms with van der Waals surface area (Å²) < 4.78 is 36.1. The van der Waals surface area contributed by atoms with E-state index in [1.54, 1.807) is 6.07 Å². The predicted molar refractivity (Wildman–Crippen MR) is 90.7 cm³/mol. The van der Waals surface area contributed by atoms with E-state index in [0.29, 0.717) is 5.92 Å². The summed E-state index contributed by atoms with van der Waals surface area (Å²) in [7, 11) is -3.20. The highest BCUT2D eigenvalue weighted by Crippen LogP contribution is 2.68. The van der Waals surface area contributed by atoms with E-state index < -0.39 is 9.84 Å². The molecule has 0 bridgehead atoms. The summed E-state index contributed by atoms with van der Waals surface area (Å²) in [6, 6.07) is 10.1. The number of sulfone groups is 1. The van der Waals surface area contributed by atoms with E-state index in [2.05, 4.69) is 11.1 Å². The zero-order valence-corrected chi connectivity index (χ0v) is 14.2. The molecule has 0 amide bonds. The van der Waals surface area contributed by atoms with Crippen LogP contribution in [0.15, 0.2) is 53.6 Å². The van der Waals surface area contributed by atoms with Crippen molar-refractivity contribution in [3.05, 3.63) is 65.7 Å². The third-order valence-corrected chi connectivity index (χ3v) is 6.34. The summed E-state index contributed by atoms with van der Waals surface area (Å²) in [5, 5.41) is 0. The molecule has 5 heteroatoms. The number of rotatable bonds is 3. The van der Waals surface area contributed by atoms with Gasteiger partial charge in [-0.25, -0.2) is 12.8 Å². The van der Waals surface area contributed by atoms with Crippen LogP contribution in [0.25, 0.3) is 5.57 Å². The van der Waals surface area contributed by atoms with E-state index in [-0.39, 0.29) is 16.1 Å². The van der Waals surface area contributed by atoms with E-state index in [1.807, 2.05) is 18.2 Å². The fourth-order valence-corrected chi connectivity index (χ4v) is 4.30. The summed E-state index contributed by atoms with van der Waals surface area (Å²) in [5.41, 5.74) is 3.53.